The maximum Gasteiger partial charge on any atom is 0.268 e. The van der Waals surface area contributed by atoms with Crippen LogP contribution in [0.4, 0.5) is 0 Å². The number of fused-ring (bicyclic) bond motifs is 1. The fourth-order valence-corrected chi connectivity index (χ4v) is 4.76. The smallest absolute Gasteiger partial charge is 0.268 e. The molecule has 33 heavy (non-hydrogen) atoms. The molecule has 4 rings (SSSR count). The van der Waals surface area contributed by atoms with E-state index in [0.29, 0.717) is 40.8 Å². The number of hydrogen-bond acceptors (Lipinski definition) is 6. The van der Waals surface area contributed by atoms with Crippen LogP contribution < -0.4 is 10.9 Å². The Labute approximate surface area is 195 Å². The van der Waals surface area contributed by atoms with E-state index < -0.39 is 0 Å². The van der Waals surface area contributed by atoms with E-state index in [-0.39, 0.29) is 17.9 Å². The highest BCUT2D eigenvalue weighted by Gasteiger charge is 2.20. The van der Waals surface area contributed by atoms with Crippen molar-refractivity contribution in [3.63, 3.8) is 0 Å². The van der Waals surface area contributed by atoms with Gasteiger partial charge in [0.25, 0.3) is 5.56 Å². The van der Waals surface area contributed by atoms with Crippen molar-refractivity contribution < 1.29 is 9.53 Å². The number of thiazole rings is 1. The van der Waals surface area contributed by atoms with Gasteiger partial charge in [-0.3, -0.25) is 14.0 Å². The third-order valence-electron chi connectivity index (χ3n) is 5.53. The lowest BCUT2D eigenvalue weighted by molar-refractivity contribution is -0.120. The molecule has 0 unspecified atom stereocenters. The van der Waals surface area contributed by atoms with Crippen molar-refractivity contribution in [3.8, 4) is 16.9 Å². The molecular weight excluding hydrogens is 438 g/mol. The number of carbonyl (C=O) groups excluding carboxylic acids is 1. The van der Waals surface area contributed by atoms with Crippen LogP contribution in [0.5, 0.6) is 0 Å². The zero-order valence-electron chi connectivity index (χ0n) is 19.4. The highest BCUT2D eigenvalue weighted by molar-refractivity contribution is 7.15. The number of hydrogen-bond donors (Lipinski definition) is 1. The van der Waals surface area contributed by atoms with E-state index in [0.717, 1.165) is 22.5 Å². The SMILES string of the molecule is COCCNC(=O)Cc1csc2nc(C)c(-c3cc(C)n(-c4cc(C)ccc4C)n3)c(=O)n12. The first-order chi connectivity index (χ1) is 15.8. The van der Waals surface area contributed by atoms with E-state index >= 15 is 0 Å². The van der Waals surface area contributed by atoms with E-state index in [1.807, 2.05) is 43.8 Å². The first-order valence-corrected chi connectivity index (χ1v) is 11.6. The molecule has 8 nitrogen and oxygen atoms in total. The molecule has 3 heterocycles. The average molecular weight is 466 g/mol. The van der Waals surface area contributed by atoms with Gasteiger partial charge in [0.05, 0.1) is 30.0 Å². The molecule has 0 atom stereocenters. The minimum Gasteiger partial charge on any atom is -0.383 e. The van der Waals surface area contributed by atoms with Gasteiger partial charge in [0, 0.05) is 30.4 Å². The van der Waals surface area contributed by atoms with Crippen LogP contribution in [0.2, 0.25) is 0 Å². The van der Waals surface area contributed by atoms with Crippen molar-refractivity contribution in [3.05, 3.63) is 68.2 Å². The fourth-order valence-electron chi connectivity index (χ4n) is 3.83. The largest absolute Gasteiger partial charge is 0.383 e. The molecule has 0 radical (unpaired) electrons. The summed E-state index contributed by atoms with van der Waals surface area (Å²) in [4.78, 5) is 31.1. The van der Waals surface area contributed by atoms with Gasteiger partial charge in [0.1, 0.15) is 5.69 Å². The van der Waals surface area contributed by atoms with Crippen LogP contribution in [0.25, 0.3) is 21.9 Å². The number of nitrogens with zero attached hydrogens (tertiary/aromatic N) is 4. The van der Waals surface area contributed by atoms with E-state index in [2.05, 4.69) is 28.5 Å². The highest BCUT2D eigenvalue weighted by Crippen LogP contribution is 2.25. The van der Waals surface area contributed by atoms with Gasteiger partial charge in [-0.05, 0) is 51.0 Å². The van der Waals surface area contributed by atoms with Gasteiger partial charge in [0.2, 0.25) is 5.91 Å². The Bertz CT molecular complexity index is 1400. The molecule has 172 valence electrons. The first kappa shape index (κ1) is 22.9. The number of amides is 1. The Hall–Kier alpha value is -3.30. The van der Waals surface area contributed by atoms with Crippen molar-refractivity contribution >= 4 is 22.2 Å². The molecule has 3 aromatic heterocycles. The number of benzene rings is 1. The monoisotopic (exact) mass is 465 g/mol. The third kappa shape index (κ3) is 4.46. The summed E-state index contributed by atoms with van der Waals surface area (Å²) < 4.78 is 8.35. The summed E-state index contributed by atoms with van der Waals surface area (Å²) in [6, 6.07) is 8.12. The molecule has 0 spiro atoms. The maximum absolute atomic E-state index is 13.6. The number of aromatic nitrogens is 4. The lowest BCUT2D eigenvalue weighted by atomic mass is 10.1. The second-order valence-electron chi connectivity index (χ2n) is 8.11. The molecular formula is C24H27N5O3S. The van der Waals surface area contributed by atoms with Gasteiger partial charge >= 0.3 is 0 Å². The van der Waals surface area contributed by atoms with Crippen LogP contribution >= 0.6 is 11.3 Å². The molecule has 4 aromatic rings. The molecule has 0 bridgehead atoms. The van der Waals surface area contributed by atoms with Crippen LogP contribution in [0.3, 0.4) is 0 Å². The summed E-state index contributed by atoms with van der Waals surface area (Å²) in [6.45, 7) is 8.73. The van der Waals surface area contributed by atoms with Crippen molar-refractivity contribution in [1.29, 1.82) is 0 Å². The quantitative estimate of drug-likeness (QED) is 0.424. The molecule has 1 aromatic carbocycles. The topological polar surface area (TPSA) is 90.5 Å². The Morgan fingerprint density at radius 2 is 1.97 bits per heavy atom. The molecule has 0 aliphatic heterocycles. The Balaban J connectivity index is 1.77. The Morgan fingerprint density at radius 1 is 1.18 bits per heavy atom. The minimum atomic E-state index is -0.218. The highest BCUT2D eigenvalue weighted by atomic mass is 32.1. The van der Waals surface area contributed by atoms with E-state index in [1.54, 1.807) is 7.11 Å². The van der Waals surface area contributed by atoms with Crippen molar-refractivity contribution in [2.45, 2.75) is 34.1 Å². The summed E-state index contributed by atoms with van der Waals surface area (Å²) in [5.74, 6) is -0.171. The molecule has 1 N–H and O–H groups in total. The first-order valence-electron chi connectivity index (χ1n) is 10.7. The van der Waals surface area contributed by atoms with Crippen LogP contribution in [0, 0.1) is 27.7 Å². The third-order valence-corrected chi connectivity index (χ3v) is 6.40. The fraction of sp³-hybridized carbons (Fsp3) is 0.333. The lowest BCUT2D eigenvalue weighted by Gasteiger charge is -2.09. The second-order valence-corrected chi connectivity index (χ2v) is 8.95. The summed E-state index contributed by atoms with van der Waals surface area (Å²) in [5.41, 5.74) is 6.15. The van der Waals surface area contributed by atoms with Crippen LogP contribution in [-0.4, -0.2) is 45.3 Å². The average Bonchev–Trinajstić information content (AvgIpc) is 3.33. The number of methoxy groups -OCH3 is 1. The molecule has 0 fully saturated rings. The normalized spacial score (nSPS) is 11.3. The lowest BCUT2D eigenvalue weighted by Crippen LogP contribution is -2.30. The predicted molar refractivity (Wildman–Crippen MR) is 129 cm³/mol. The van der Waals surface area contributed by atoms with Crippen LogP contribution in [0.1, 0.15) is 28.2 Å². The van der Waals surface area contributed by atoms with Gasteiger partial charge in [-0.1, -0.05) is 12.1 Å². The summed E-state index contributed by atoms with van der Waals surface area (Å²) in [5, 5.41) is 9.38. The van der Waals surface area contributed by atoms with Crippen LogP contribution in [-0.2, 0) is 16.0 Å². The molecule has 9 heteroatoms. The summed E-state index contributed by atoms with van der Waals surface area (Å²) in [7, 11) is 1.58. The van der Waals surface area contributed by atoms with Crippen molar-refractivity contribution in [2.75, 3.05) is 20.3 Å². The van der Waals surface area contributed by atoms with E-state index in [4.69, 9.17) is 9.84 Å². The number of carbonyl (C=O) groups is 1. The number of ether oxygens (including phenoxy) is 1. The minimum absolute atomic E-state index is 0.0871. The van der Waals surface area contributed by atoms with Crippen LogP contribution in [0.15, 0.2) is 34.4 Å². The van der Waals surface area contributed by atoms with Crippen molar-refractivity contribution in [2.24, 2.45) is 0 Å². The number of nitrogens with one attached hydrogen (secondary N) is 1. The number of aryl methyl sites for hydroxylation is 4. The summed E-state index contributed by atoms with van der Waals surface area (Å²) >= 11 is 1.35. The van der Waals surface area contributed by atoms with E-state index in [1.165, 1.54) is 15.7 Å². The Morgan fingerprint density at radius 3 is 2.73 bits per heavy atom. The van der Waals surface area contributed by atoms with Gasteiger partial charge in [-0.25, -0.2) is 9.67 Å². The van der Waals surface area contributed by atoms with Gasteiger partial charge in [0.15, 0.2) is 4.96 Å². The Kier molecular flexibility index (Phi) is 6.44. The molecule has 0 saturated carbocycles. The van der Waals surface area contributed by atoms with Gasteiger partial charge in [-0.2, -0.15) is 5.10 Å². The maximum atomic E-state index is 13.6. The molecule has 0 saturated heterocycles. The van der Waals surface area contributed by atoms with Gasteiger partial charge in [-0.15, -0.1) is 11.3 Å². The summed E-state index contributed by atoms with van der Waals surface area (Å²) in [6.07, 6.45) is 0.0871. The zero-order chi connectivity index (χ0) is 23.7. The molecule has 1 amide bonds. The second kappa shape index (κ2) is 9.29. The van der Waals surface area contributed by atoms with E-state index in [9.17, 15) is 9.59 Å². The van der Waals surface area contributed by atoms with Gasteiger partial charge < -0.3 is 10.1 Å². The van der Waals surface area contributed by atoms with Crippen molar-refractivity contribution in [1.82, 2.24) is 24.5 Å². The standard InChI is InChI=1S/C24H27N5O3S/c1-14-6-7-15(2)20(10-14)29-16(3)11-19(27-29)22-17(4)26-24-28(23(22)31)18(13-33-24)12-21(30)25-8-9-32-5/h6-7,10-11,13H,8-9,12H2,1-5H3,(H,25,30). The predicted octanol–water partition coefficient (Wildman–Crippen LogP) is 3.15. The zero-order valence-corrected chi connectivity index (χ0v) is 20.2. The molecule has 0 aliphatic carbocycles. The molecule has 0 aliphatic rings. The number of rotatable bonds is 7.